The standard InChI is InChI=1S/C60H38N2OS/c1-2-19-39(20-3-1)40-21-4-10-31-50(40)61(51-32-11-5-22-41(51)45-27-16-28-46-43-24-8-14-37-56(43)63-59(45)46)54-35-18-36-55-58(54)49-26-7-13-34-53(49)62(55)52-33-12-6-23-42(52)47-29-17-30-48-44-25-9-15-38-57(44)64-60(47)48/h1-38H. The molecule has 3 aromatic heterocycles. The molecule has 0 atom stereocenters. The molecule has 4 heteroatoms. The number of hydrogen-bond donors (Lipinski definition) is 0. The number of furan rings is 1. The Morgan fingerprint density at radius 1 is 0.359 bits per heavy atom. The molecule has 3 nitrogen and oxygen atoms in total. The molecular weight excluding hydrogens is 797 g/mol. The molecule has 0 saturated carbocycles. The first kappa shape index (κ1) is 36.5. The molecular formula is C60H38N2OS. The van der Waals surface area contributed by atoms with Gasteiger partial charge in [-0.15, -0.1) is 11.3 Å². The maximum atomic E-state index is 6.73. The summed E-state index contributed by atoms with van der Waals surface area (Å²) in [7, 11) is 0. The van der Waals surface area contributed by atoms with Crippen LogP contribution in [0.25, 0.3) is 103 Å². The number of fused-ring (bicyclic) bond motifs is 9. The van der Waals surface area contributed by atoms with Gasteiger partial charge in [-0.2, -0.15) is 0 Å². The van der Waals surface area contributed by atoms with Crippen molar-refractivity contribution in [3.05, 3.63) is 231 Å². The number of para-hydroxylation sites is 6. The molecule has 0 fully saturated rings. The fourth-order valence-corrected chi connectivity index (χ4v) is 11.3. The molecule has 0 aliphatic heterocycles. The highest BCUT2D eigenvalue weighted by Crippen LogP contribution is 2.51. The quantitative estimate of drug-likeness (QED) is 0.159. The van der Waals surface area contributed by atoms with Crippen LogP contribution < -0.4 is 4.90 Å². The molecule has 64 heavy (non-hydrogen) atoms. The average Bonchev–Trinajstić information content (AvgIpc) is 4.05. The topological polar surface area (TPSA) is 21.3 Å². The average molecular weight is 835 g/mol. The second kappa shape index (κ2) is 14.7. The summed E-state index contributed by atoms with van der Waals surface area (Å²) in [5.74, 6) is 0. The highest BCUT2D eigenvalue weighted by atomic mass is 32.1. The highest BCUT2D eigenvalue weighted by molar-refractivity contribution is 7.26. The Labute approximate surface area is 373 Å². The van der Waals surface area contributed by atoms with E-state index >= 15 is 0 Å². The summed E-state index contributed by atoms with van der Waals surface area (Å²) in [5.41, 5.74) is 15.3. The Kier molecular flexibility index (Phi) is 8.40. The monoisotopic (exact) mass is 834 g/mol. The second-order valence-corrected chi connectivity index (χ2v) is 17.4. The fraction of sp³-hybridized carbons (Fsp3) is 0. The van der Waals surface area contributed by atoms with Crippen molar-refractivity contribution in [3.8, 4) is 39.1 Å². The molecule has 13 aromatic rings. The Morgan fingerprint density at radius 3 is 1.78 bits per heavy atom. The predicted octanol–water partition coefficient (Wildman–Crippen LogP) is 17.5. The van der Waals surface area contributed by atoms with Crippen LogP contribution in [0.1, 0.15) is 0 Å². The maximum absolute atomic E-state index is 6.73. The molecule has 0 radical (unpaired) electrons. The third-order valence-corrected chi connectivity index (χ3v) is 14.0. The lowest BCUT2D eigenvalue weighted by Crippen LogP contribution is -2.13. The number of thiophene rings is 1. The number of anilines is 3. The molecule has 0 unspecified atom stereocenters. The fourth-order valence-electron chi connectivity index (χ4n) is 10.1. The smallest absolute Gasteiger partial charge is 0.143 e. The summed E-state index contributed by atoms with van der Waals surface area (Å²) >= 11 is 1.88. The summed E-state index contributed by atoms with van der Waals surface area (Å²) in [4.78, 5) is 2.49. The molecule has 3 heterocycles. The van der Waals surface area contributed by atoms with Crippen molar-refractivity contribution in [2.45, 2.75) is 0 Å². The van der Waals surface area contributed by atoms with Gasteiger partial charge in [0.25, 0.3) is 0 Å². The third kappa shape index (κ3) is 5.60. The molecule has 0 spiro atoms. The van der Waals surface area contributed by atoms with E-state index in [1.165, 1.54) is 42.1 Å². The SMILES string of the molecule is c1ccc(-c2ccccc2N(c2ccccc2-c2cccc3c2oc2ccccc23)c2cccc3c2c2ccccc2n3-c2ccccc2-c2cccc3c2sc2ccccc23)cc1. The van der Waals surface area contributed by atoms with Crippen molar-refractivity contribution in [2.75, 3.05) is 4.90 Å². The Hall–Kier alpha value is -8.18. The van der Waals surface area contributed by atoms with Gasteiger partial charge in [0.2, 0.25) is 0 Å². The van der Waals surface area contributed by atoms with Gasteiger partial charge in [0.05, 0.1) is 33.8 Å². The summed E-state index contributed by atoms with van der Waals surface area (Å²) in [6.07, 6.45) is 0. The highest BCUT2D eigenvalue weighted by Gasteiger charge is 2.27. The lowest BCUT2D eigenvalue weighted by atomic mass is 9.97. The van der Waals surface area contributed by atoms with Crippen LogP contribution in [0.5, 0.6) is 0 Å². The predicted molar refractivity (Wildman–Crippen MR) is 272 cm³/mol. The van der Waals surface area contributed by atoms with Crippen molar-refractivity contribution in [2.24, 2.45) is 0 Å². The normalized spacial score (nSPS) is 11.8. The molecule has 0 amide bonds. The van der Waals surface area contributed by atoms with Crippen molar-refractivity contribution in [1.82, 2.24) is 4.57 Å². The lowest BCUT2D eigenvalue weighted by molar-refractivity contribution is 0.670. The van der Waals surface area contributed by atoms with Crippen LogP contribution in [-0.4, -0.2) is 4.57 Å². The largest absolute Gasteiger partial charge is 0.455 e. The molecule has 0 bridgehead atoms. The Bertz CT molecular complexity index is 3930. The number of benzene rings is 10. The van der Waals surface area contributed by atoms with E-state index < -0.39 is 0 Å². The molecule has 10 aromatic carbocycles. The van der Waals surface area contributed by atoms with Crippen LogP contribution in [0, 0.1) is 0 Å². The van der Waals surface area contributed by atoms with E-state index in [9.17, 15) is 0 Å². The van der Waals surface area contributed by atoms with Gasteiger partial charge < -0.3 is 13.9 Å². The summed E-state index contributed by atoms with van der Waals surface area (Å²) in [6.45, 7) is 0. The Balaban J connectivity index is 1.11. The number of hydrogen-bond acceptors (Lipinski definition) is 3. The first-order valence-corrected chi connectivity index (χ1v) is 22.6. The van der Waals surface area contributed by atoms with E-state index in [0.717, 1.165) is 78.0 Å². The van der Waals surface area contributed by atoms with E-state index in [0.29, 0.717) is 0 Å². The van der Waals surface area contributed by atoms with Crippen LogP contribution in [0.3, 0.4) is 0 Å². The van der Waals surface area contributed by atoms with Gasteiger partial charge in [0, 0.05) is 69.5 Å². The van der Waals surface area contributed by atoms with Crippen LogP contribution in [-0.2, 0) is 0 Å². The maximum Gasteiger partial charge on any atom is 0.143 e. The van der Waals surface area contributed by atoms with Crippen LogP contribution in [0.4, 0.5) is 17.1 Å². The minimum atomic E-state index is 0.882. The van der Waals surface area contributed by atoms with Crippen LogP contribution in [0.2, 0.25) is 0 Å². The van der Waals surface area contributed by atoms with Gasteiger partial charge >= 0.3 is 0 Å². The minimum Gasteiger partial charge on any atom is -0.455 e. The molecule has 0 saturated heterocycles. The summed E-state index contributed by atoms with van der Waals surface area (Å²) in [5, 5.41) is 7.17. The summed E-state index contributed by atoms with van der Waals surface area (Å²) in [6, 6.07) is 83.4. The lowest BCUT2D eigenvalue weighted by Gasteiger charge is -2.30. The third-order valence-electron chi connectivity index (χ3n) is 12.8. The van der Waals surface area contributed by atoms with Crippen molar-refractivity contribution in [1.29, 1.82) is 0 Å². The first-order valence-electron chi connectivity index (χ1n) is 21.8. The number of nitrogens with zero attached hydrogens (tertiary/aromatic N) is 2. The number of aromatic nitrogens is 1. The van der Waals surface area contributed by atoms with Gasteiger partial charge in [-0.3, -0.25) is 0 Å². The second-order valence-electron chi connectivity index (χ2n) is 16.3. The molecule has 0 aliphatic carbocycles. The van der Waals surface area contributed by atoms with Crippen LogP contribution >= 0.6 is 11.3 Å². The van der Waals surface area contributed by atoms with Crippen LogP contribution in [0.15, 0.2) is 235 Å². The zero-order chi connectivity index (χ0) is 42.1. The molecule has 0 N–H and O–H groups in total. The van der Waals surface area contributed by atoms with E-state index in [-0.39, 0.29) is 0 Å². The zero-order valence-corrected chi connectivity index (χ0v) is 35.5. The molecule has 13 rings (SSSR count). The van der Waals surface area contributed by atoms with Gasteiger partial charge in [0.1, 0.15) is 11.2 Å². The van der Waals surface area contributed by atoms with Gasteiger partial charge in [-0.1, -0.05) is 182 Å². The zero-order valence-electron chi connectivity index (χ0n) is 34.7. The first-order chi connectivity index (χ1) is 31.8. The van der Waals surface area contributed by atoms with Gasteiger partial charge in [0.15, 0.2) is 0 Å². The number of rotatable bonds is 7. The van der Waals surface area contributed by atoms with E-state index in [1.807, 2.05) is 17.4 Å². The molecule has 300 valence electrons. The van der Waals surface area contributed by atoms with E-state index in [2.05, 4.69) is 234 Å². The van der Waals surface area contributed by atoms with Gasteiger partial charge in [-0.25, -0.2) is 0 Å². The van der Waals surface area contributed by atoms with Crippen molar-refractivity contribution < 1.29 is 4.42 Å². The van der Waals surface area contributed by atoms with Gasteiger partial charge in [-0.05, 0) is 54.1 Å². The Morgan fingerprint density at radius 2 is 0.922 bits per heavy atom. The summed E-state index contributed by atoms with van der Waals surface area (Å²) < 4.78 is 11.8. The minimum absolute atomic E-state index is 0.882. The van der Waals surface area contributed by atoms with E-state index in [4.69, 9.17) is 4.42 Å². The van der Waals surface area contributed by atoms with E-state index in [1.54, 1.807) is 0 Å². The van der Waals surface area contributed by atoms with Crippen molar-refractivity contribution in [3.63, 3.8) is 0 Å². The molecule has 0 aliphatic rings. The van der Waals surface area contributed by atoms with Crippen molar-refractivity contribution >= 4 is 92.3 Å².